The first kappa shape index (κ1) is 7.87. The van der Waals surface area contributed by atoms with Crippen molar-refractivity contribution in [3.63, 3.8) is 0 Å². The minimum absolute atomic E-state index is 0.475. The van der Waals surface area contributed by atoms with Crippen LogP contribution in [-0.2, 0) is 0 Å². The fraction of sp³-hybridized carbons (Fsp3) is 0.500. The number of hydrogen-bond donors (Lipinski definition) is 2. The largest absolute Gasteiger partial charge is 0.382 e. The molecule has 5 heteroatoms. The highest BCUT2D eigenvalue weighted by Gasteiger charge is 2.15. The Morgan fingerprint density at radius 1 is 1.36 bits per heavy atom. The fourth-order valence-corrected chi connectivity index (χ4v) is 0.834. The van der Waals surface area contributed by atoms with Crippen molar-refractivity contribution in [3.8, 4) is 0 Å². The number of nitrogens with two attached hydrogens (primary N) is 2. The number of rotatable bonds is 0. The predicted octanol–water partition coefficient (Wildman–Crippen LogP) is -0.411. The van der Waals surface area contributed by atoms with Crippen LogP contribution in [0.15, 0.2) is 16.4 Å². The molecule has 0 saturated carbocycles. The van der Waals surface area contributed by atoms with E-state index in [1.165, 1.54) is 5.23 Å². The first-order valence-corrected chi connectivity index (χ1v) is 3.34. The van der Waals surface area contributed by atoms with Crippen LogP contribution in [0.4, 0.5) is 0 Å². The van der Waals surface area contributed by atoms with Crippen molar-refractivity contribution in [2.45, 2.75) is 13.8 Å². The van der Waals surface area contributed by atoms with Crippen molar-refractivity contribution in [1.29, 1.82) is 0 Å². The van der Waals surface area contributed by atoms with E-state index < -0.39 is 0 Å². The van der Waals surface area contributed by atoms with E-state index in [1.54, 1.807) is 5.01 Å². The number of allylic oxidation sites excluding steroid dienone is 1. The van der Waals surface area contributed by atoms with Crippen molar-refractivity contribution in [3.05, 3.63) is 11.3 Å². The normalized spacial score (nSPS) is 19.1. The highest BCUT2D eigenvalue weighted by Crippen LogP contribution is 2.13. The summed E-state index contributed by atoms with van der Waals surface area (Å²) in [5.41, 5.74) is 7.55. The molecule has 0 bridgehead atoms. The quantitative estimate of drug-likeness (QED) is 0.466. The highest BCUT2D eigenvalue weighted by atomic mass is 15.9. The van der Waals surface area contributed by atoms with E-state index >= 15 is 0 Å². The van der Waals surface area contributed by atoms with Gasteiger partial charge in [0.05, 0.1) is 0 Å². The van der Waals surface area contributed by atoms with Crippen LogP contribution in [0.25, 0.3) is 0 Å². The second kappa shape index (κ2) is 2.43. The molecule has 1 rings (SSSR count). The standard InChI is InChI=1S/C6H13N5/c1-4-5(2)10(3)11(8)9-6(4)7/h8H2,1-3H3,(H2,7,9). The third-order valence-electron chi connectivity index (χ3n) is 1.93. The Balaban J connectivity index is 3.02. The Morgan fingerprint density at radius 2 is 1.91 bits per heavy atom. The fourth-order valence-electron chi connectivity index (χ4n) is 0.834. The minimum atomic E-state index is 0.475. The predicted molar refractivity (Wildman–Crippen MR) is 43.8 cm³/mol. The molecule has 0 aliphatic carbocycles. The number of hydrazine groups is 2. The van der Waals surface area contributed by atoms with E-state index in [2.05, 4.69) is 5.10 Å². The van der Waals surface area contributed by atoms with Gasteiger partial charge in [0.25, 0.3) is 0 Å². The van der Waals surface area contributed by atoms with Crippen LogP contribution in [0.3, 0.4) is 0 Å². The van der Waals surface area contributed by atoms with Gasteiger partial charge in [-0.05, 0) is 13.8 Å². The van der Waals surface area contributed by atoms with Crippen LogP contribution < -0.4 is 11.6 Å². The zero-order valence-corrected chi connectivity index (χ0v) is 7.00. The Kier molecular flexibility index (Phi) is 1.74. The summed E-state index contributed by atoms with van der Waals surface area (Å²) in [4.78, 5) is 0. The van der Waals surface area contributed by atoms with Crippen LogP contribution in [0, 0.1) is 0 Å². The second-order valence-electron chi connectivity index (χ2n) is 2.54. The maximum atomic E-state index is 5.57. The van der Waals surface area contributed by atoms with Gasteiger partial charge in [0.2, 0.25) is 0 Å². The molecular weight excluding hydrogens is 142 g/mol. The lowest BCUT2D eigenvalue weighted by Crippen LogP contribution is -2.45. The van der Waals surface area contributed by atoms with E-state index in [0.717, 1.165) is 11.3 Å². The van der Waals surface area contributed by atoms with Gasteiger partial charge in [0.15, 0.2) is 5.84 Å². The van der Waals surface area contributed by atoms with E-state index in [9.17, 15) is 0 Å². The lowest BCUT2D eigenvalue weighted by molar-refractivity contribution is 0.0311. The van der Waals surface area contributed by atoms with Crippen molar-refractivity contribution >= 4 is 5.84 Å². The molecule has 4 N–H and O–H groups in total. The summed E-state index contributed by atoms with van der Waals surface area (Å²) in [7, 11) is 1.83. The average molecular weight is 155 g/mol. The molecule has 1 aliphatic heterocycles. The topological polar surface area (TPSA) is 70.9 Å². The molecule has 5 nitrogen and oxygen atoms in total. The van der Waals surface area contributed by atoms with Gasteiger partial charge in [0, 0.05) is 18.3 Å². The summed E-state index contributed by atoms with van der Waals surface area (Å²) < 4.78 is 0. The molecule has 11 heavy (non-hydrogen) atoms. The number of nitrogens with zero attached hydrogens (tertiary/aromatic N) is 3. The van der Waals surface area contributed by atoms with E-state index in [0.29, 0.717) is 5.84 Å². The molecule has 62 valence electrons. The van der Waals surface area contributed by atoms with Crippen molar-refractivity contribution < 1.29 is 0 Å². The number of hydrogen-bond acceptors (Lipinski definition) is 5. The monoisotopic (exact) mass is 155 g/mol. The van der Waals surface area contributed by atoms with Gasteiger partial charge in [-0.2, -0.15) is 0 Å². The van der Waals surface area contributed by atoms with Gasteiger partial charge >= 0.3 is 0 Å². The van der Waals surface area contributed by atoms with Crippen molar-refractivity contribution in [2.75, 3.05) is 7.05 Å². The van der Waals surface area contributed by atoms with Gasteiger partial charge < -0.3 is 5.73 Å². The van der Waals surface area contributed by atoms with E-state index in [-0.39, 0.29) is 0 Å². The molecule has 0 radical (unpaired) electrons. The molecule has 0 saturated heterocycles. The number of amidine groups is 1. The summed E-state index contributed by atoms with van der Waals surface area (Å²) in [6.07, 6.45) is 0. The van der Waals surface area contributed by atoms with Gasteiger partial charge in [-0.15, -0.1) is 10.3 Å². The van der Waals surface area contributed by atoms with Crippen LogP contribution in [-0.4, -0.2) is 23.1 Å². The van der Waals surface area contributed by atoms with E-state index in [4.69, 9.17) is 11.6 Å². The minimum Gasteiger partial charge on any atom is -0.382 e. The molecule has 1 aliphatic rings. The molecule has 1 heterocycles. The molecule has 0 unspecified atom stereocenters. The zero-order valence-electron chi connectivity index (χ0n) is 7.00. The van der Waals surface area contributed by atoms with E-state index in [1.807, 2.05) is 20.9 Å². The van der Waals surface area contributed by atoms with Crippen molar-refractivity contribution in [2.24, 2.45) is 16.7 Å². The first-order valence-electron chi connectivity index (χ1n) is 3.34. The molecule has 0 spiro atoms. The smallest absolute Gasteiger partial charge is 0.151 e. The third-order valence-corrected chi connectivity index (χ3v) is 1.93. The molecular formula is C6H13N5. The Bertz CT molecular complexity index is 229. The molecule has 0 atom stereocenters. The average Bonchev–Trinajstić information content (AvgIpc) is 1.97. The molecule has 0 aromatic rings. The summed E-state index contributed by atoms with van der Waals surface area (Å²) in [5.74, 6) is 5.95. The highest BCUT2D eigenvalue weighted by molar-refractivity contribution is 5.97. The molecule has 0 fully saturated rings. The summed E-state index contributed by atoms with van der Waals surface area (Å²) in [5, 5.41) is 6.82. The SMILES string of the molecule is CC1=C(C)N(C)N(N)N=C1N. The van der Waals surface area contributed by atoms with Crippen LogP contribution >= 0.6 is 0 Å². The van der Waals surface area contributed by atoms with Crippen molar-refractivity contribution in [1.82, 2.24) is 10.2 Å². The Hall–Kier alpha value is -1.23. The molecule has 0 aromatic heterocycles. The van der Waals surface area contributed by atoms with Crippen LogP contribution in [0.5, 0.6) is 0 Å². The second-order valence-corrected chi connectivity index (χ2v) is 2.54. The lowest BCUT2D eigenvalue weighted by atomic mass is 10.2. The Morgan fingerprint density at radius 3 is 2.45 bits per heavy atom. The summed E-state index contributed by atoms with van der Waals surface area (Å²) in [6.45, 7) is 3.86. The Labute approximate surface area is 65.9 Å². The van der Waals surface area contributed by atoms with Crippen LogP contribution in [0.1, 0.15) is 13.8 Å². The first-order chi connectivity index (χ1) is 5.04. The molecule has 0 aromatic carbocycles. The van der Waals surface area contributed by atoms with Gasteiger partial charge in [-0.3, -0.25) is 5.01 Å². The molecule has 0 amide bonds. The summed E-state index contributed by atoms with van der Waals surface area (Å²) >= 11 is 0. The lowest BCUT2D eigenvalue weighted by Gasteiger charge is -2.31. The summed E-state index contributed by atoms with van der Waals surface area (Å²) in [6, 6.07) is 0. The maximum absolute atomic E-state index is 5.57. The van der Waals surface area contributed by atoms with Gasteiger partial charge in [0.1, 0.15) is 0 Å². The van der Waals surface area contributed by atoms with Crippen LogP contribution in [0.2, 0.25) is 0 Å². The third kappa shape index (κ3) is 1.14. The van der Waals surface area contributed by atoms with Gasteiger partial charge in [-0.25, -0.2) is 5.84 Å². The maximum Gasteiger partial charge on any atom is 0.151 e. The zero-order chi connectivity index (χ0) is 8.59. The van der Waals surface area contributed by atoms with Gasteiger partial charge in [-0.1, -0.05) is 0 Å². The number of hydrazone groups is 1.